The van der Waals surface area contributed by atoms with Gasteiger partial charge in [0, 0.05) is 15.5 Å². The van der Waals surface area contributed by atoms with Gasteiger partial charge in [-0.05, 0) is 42.0 Å². The van der Waals surface area contributed by atoms with Crippen molar-refractivity contribution < 1.29 is 0 Å². The molecule has 94 valence electrons. The maximum Gasteiger partial charge on any atom is 0.0928 e. The van der Waals surface area contributed by atoms with E-state index in [0.29, 0.717) is 0 Å². The molecule has 3 rings (SSSR count). The number of H-pyrrole nitrogens is 1. The quantitative estimate of drug-likeness (QED) is 0.700. The average molecular weight is 314 g/mol. The van der Waals surface area contributed by atoms with E-state index in [1.54, 1.807) is 0 Å². The zero-order valence-corrected chi connectivity index (χ0v) is 11.7. The molecule has 0 aliphatic heterocycles. The van der Waals surface area contributed by atoms with Gasteiger partial charge >= 0.3 is 0 Å². The number of nitrogens with one attached hydrogen (secondary N) is 1. The van der Waals surface area contributed by atoms with Crippen molar-refractivity contribution in [1.82, 2.24) is 10.2 Å². The second kappa shape index (κ2) is 4.90. The molecule has 1 heterocycles. The van der Waals surface area contributed by atoms with E-state index in [0.717, 1.165) is 32.3 Å². The first-order valence-corrected chi connectivity index (χ1v) is 6.69. The molecular formula is C15H12BrN3. The van der Waals surface area contributed by atoms with E-state index in [-0.39, 0.29) is 0 Å². The minimum Gasteiger partial charge on any atom is -0.399 e. The predicted octanol–water partition coefficient (Wildman–Crippen LogP) is 4.08. The highest BCUT2D eigenvalue weighted by Gasteiger charge is 2.02. The highest BCUT2D eigenvalue weighted by Crippen LogP contribution is 2.22. The van der Waals surface area contributed by atoms with Crippen molar-refractivity contribution in [3.8, 4) is 0 Å². The van der Waals surface area contributed by atoms with Crippen LogP contribution < -0.4 is 5.73 Å². The van der Waals surface area contributed by atoms with Crippen molar-refractivity contribution in [3.05, 3.63) is 58.2 Å². The van der Waals surface area contributed by atoms with Crippen LogP contribution in [-0.4, -0.2) is 10.2 Å². The van der Waals surface area contributed by atoms with E-state index < -0.39 is 0 Å². The van der Waals surface area contributed by atoms with Crippen LogP contribution in [-0.2, 0) is 0 Å². The van der Waals surface area contributed by atoms with Crippen LogP contribution in [0.15, 0.2) is 46.9 Å². The van der Waals surface area contributed by atoms with Crippen molar-refractivity contribution in [2.45, 2.75) is 0 Å². The van der Waals surface area contributed by atoms with E-state index in [2.05, 4.69) is 32.2 Å². The van der Waals surface area contributed by atoms with Gasteiger partial charge in [0.05, 0.1) is 11.2 Å². The minimum atomic E-state index is 0.771. The fourth-order valence-corrected chi connectivity index (χ4v) is 2.28. The first kappa shape index (κ1) is 12.0. The number of hydrogen-bond acceptors (Lipinski definition) is 2. The number of hydrogen-bond donors (Lipinski definition) is 2. The highest BCUT2D eigenvalue weighted by atomic mass is 79.9. The molecule has 0 radical (unpaired) electrons. The molecule has 0 aliphatic rings. The van der Waals surface area contributed by atoms with Gasteiger partial charge < -0.3 is 5.73 Å². The lowest BCUT2D eigenvalue weighted by molar-refractivity contribution is 1.11. The fraction of sp³-hybridized carbons (Fsp3) is 0. The van der Waals surface area contributed by atoms with Crippen LogP contribution in [0, 0.1) is 0 Å². The van der Waals surface area contributed by atoms with Gasteiger partial charge in [-0.2, -0.15) is 5.10 Å². The van der Waals surface area contributed by atoms with Crippen LogP contribution in [0.3, 0.4) is 0 Å². The molecule has 3 N–H and O–H groups in total. The molecule has 4 heteroatoms. The number of aromatic amines is 1. The van der Waals surface area contributed by atoms with Crippen LogP contribution in [0.25, 0.3) is 23.1 Å². The normalized spacial score (nSPS) is 11.4. The molecule has 0 fully saturated rings. The third kappa shape index (κ3) is 2.53. The molecule has 0 unspecified atom stereocenters. The van der Waals surface area contributed by atoms with Crippen LogP contribution >= 0.6 is 15.9 Å². The first-order valence-electron chi connectivity index (χ1n) is 5.89. The smallest absolute Gasteiger partial charge is 0.0928 e. The van der Waals surface area contributed by atoms with Crippen molar-refractivity contribution in [2.75, 3.05) is 5.73 Å². The van der Waals surface area contributed by atoms with Gasteiger partial charge in [-0.25, -0.2) is 0 Å². The number of nitrogens with zero attached hydrogens (tertiary/aromatic N) is 1. The van der Waals surface area contributed by atoms with E-state index in [1.807, 2.05) is 48.6 Å². The number of rotatable bonds is 2. The average Bonchev–Trinajstić information content (AvgIpc) is 2.80. The third-order valence-corrected chi connectivity index (χ3v) is 3.42. The zero-order valence-electron chi connectivity index (χ0n) is 10.1. The van der Waals surface area contributed by atoms with Gasteiger partial charge in [-0.15, -0.1) is 0 Å². The Bertz CT molecular complexity index is 742. The summed E-state index contributed by atoms with van der Waals surface area (Å²) in [5, 5.41) is 8.41. The van der Waals surface area contributed by atoms with E-state index in [9.17, 15) is 0 Å². The largest absolute Gasteiger partial charge is 0.399 e. The van der Waals surface area contributed by atoms with Gasteiger partial charge in [0.2, 0.25) is 0 Å². The van der Waals surface area contributed by atoms with Crippen LogP contribution in [0.2, 0.25) is 0 Å². The SMILES string of the molecule is Nc1ccc(/C=C/c2[nH]nc3ccc(Br)cc23)cc1. The van der Waals surface area contributed by atoms with Crippen LogP contribution in [0.4, 0.5) is 5.69 Å². The van der Waals surface area contributed by atoms with Gasteiger partial charge in [0.1, 0.15) is 0 Å². The summed E-state index contributed by atoms with van der Waals surface area (Å²) in [4.78, 5) is 0. The molecule has 3 nitrogen and oxygen atoms in total. The molecule has 0 aliphatic carbocycles. The monoisotopic (exact) mass is 313 g/mol. The lowest BCUT2D eigenvalue weighted by Crippen LogP contribution is -1.82. The molecule has 0 amide bonds. The number of benzene rings is 2. The highest BCUT2D eigenvalue weighted by molar-refractivity contribution is 9.10. The second-order valence-corrected chi connectivity index (χ2v) is 5.21. The topological polar surface area (TPSA) is 54.7 Å². The molecule has 2 aromatic carbocycles. The summed E-state index contributed by atoms with van der Waals surface area (Å²) in [5.74, 6) is 0. The van der Waals surface area contributed by atoms with Gasteiger partial charge in [0.25, 0.3) is 0 Å². The lowest BCUT2D eigenvalue weighted by Gasteiger charge is -1.95. The third-order valence-electron chi connectivity index (χ3n) is 2.92. The maximum absolute atomic E-state index is 5.66. The Morgan fingerprint density at radius 2 is 1.84 bits per heavy atom. The summed E-state index contributed by atoms with van der Waals surface area (Å²) in [5.41, 5.74) is 9.49. The maximum atomic E-state index is 5.66. The Labute approximate surface area is 119 Å². The van der Waals surface area contributed by atoms with Gasteiger partial charge in [0.15, 0.2) is 0 Å². The number of anilines is 1. The minimum absolute atomic E-state index is 0.771. The van der Waals surface area contributed by atoms with Crippen molar-refractivity contribution in [3.63, 3.8) is 0 Å². The Balaban J connectivity index is 1.96. The zero-order chi connectivity index (χ0) is 13.2. The van der Waals surface area contributed by atoms with Crippen molar-refractivity contribution in [1.29, 1.82) is 0 Å². The van der Waals surface area contributed by atoms with E-state index in [4.69, 9.17) is 5.73 Å². The number of aromatic nitrogens is 2. The molecule has 19 heavy (non-hydrogen) atoms. The summed E-state index contributed by atoms with van der Waals surface area (Å²) in [7, 11) is 0. The molecule has 0 spiro atoms. The van der Waals surface area contributed by atoms with E-state index >= 15 is 0 Å². The van der Waals surface area contributed by atoms with Crippen molar-refractivity contribution in [2.24, 2.45) is 0 Å². The Morgan fingerprint density at radius 3 is 2.63 bits per heavy atom. The Morgan fingerprint density at radius 1 is 1.05 bits per heavy atom. The second-order valence-electron chi connectivity index (χ2n) is 4.30. The van der Waals surface area contributed by atoms with Crippen molar-refractivity contribution >= 4 is 44.7 Å². The number of fused-ring (bicyclic) bond motifs is 1. The lowest BCUT2D eigenvalue weighted by atomic mass is 10.1. The van der Waals surface area contributed by atoms with Gasteiger partial charge in [-0.1, -0.05) is 34.1 Å². The molecule has 0 bridgehead atoms. The first-order chi connectivity index (χ1) is 9.22. The Kier molecular flexibility index (Phi) is 3.09. The van der Waals surface area contributed by atoms with Crippen LogP contribution in [0.1, 0.15) is 11.3 Å². The molecule has 0 saturated carbocycles. The summed E-state index contributed by atoms with van der Waals surface area (Å²) in [6.07, 6.45) is 4.06. The molecule has 1 aromatic heterocycles. The molecular weight excluding hydrogens is 302 g/mol. The fourth-order valence-electron chi connectivity index (χ4n) is 1.92. The predicted molar refractivity (Wildman–Crippen MR) is 83.6 cm³/mol. The molecule has 0 saturated heterocycles. The standard InChI is InChI=1S/C15H12BrN3/c16-11-4-8-15-13(9-11)14(18-19-15)7-3-10-1-5-12(17)6-2-10/h1-9H,17H2,(H,18,19)/b7-3+. The summed E-state index contributed by atoms with van der Waals surface area (Å²) >= 11 is 3.48. The summed E-state index contributed by atoms with van der Waals surface area (Å²) < 4.78 is 1.04. The molecule has 0 atom stereocenters. The summed E-state index contributed by atoms with van der Waals surface area (Å²) in [6, 6.07) is 13.8. The van der Waals surface area contributed by atoms with Crippen LogP contribution in [0.5, 0.6) is 0 Å². The molecule has 3 aromatic rings. The number of halogens is 1. The Hall–Kier alpha value is -2.07. The van der Waals surface area contributed by atoms with E-state index in [1.165, 1.54) is 0 Å². The van der Waals surface area contributed by atoms with Gasteiger partial charge in [-0.3, -0.25) is 5.10 Å². The summed E-state index contributed by atoms with van der Waals surface area (Å²) in [6.45, 7) is 0. The number of nitrogen functional groups attached to an aromatic ring is 1. The number of nitrogens with two attached hydrogens (primary N) is 1.